The summed E-state index contributed by atoms with van der Waals surface area (Å²) in [5, 5.41) is 26.9. The average molecular weight is 329 g/mol. The summed E-state index contributed by atoms with van der Waals surface area (Å²) in [5.74, 6) is 0. The van der Waals surface area contributed by atoms with Gasteiger partial charge in [-0.2, -0.15) is 0 Å². The molecule has 2 rings (SSSR count). The standard InChI is InChI=1S/C6H13N.C5H11O8P/c7-6-4-2-1-3-5-6;6-1-2-3(7)4(8)5(12-2)13-14(9,10)11/h6H,1-5,7H2;2-8H,1H2,(H2,9,10,11)/t;2-,3-,4+,5-/m.1/s1. The largest absolute Gasteiger partial charge is 0.472 e. The van der Waals surface area contributed by atoms with Crippen molar-refractivity contribution in [3.05, 3.63) is 0 Å². The molecule has 1 heterocycles. The smallest absolute Gasteiger partial charge is 0.394 e. The van der Waals surface area contributed by atoms with Crippen molar-refractivity contribution in [3.63, 3.8) is 0 Å². The fraction of sp³-hybridized carbons (Fsp3) is 1.00. The van der Waals surface area contributed by atoms with Crippen molar-refractivity contribution >= 4 is 7.82 Å². The number of hydrogen-bond donors (Lipinski definition) is 6. The molecule has 0 radical (unpaired) electrons. The first-order valence-electron chi connectivity index (χ1n) is 6.86. The molecule has 0 spiro atoms. The van der Waals surface area contributed by atoms with Crippen LogP contribution >= 0.6 is 7.82 Å². The zero-order valence-electron chi connectivity index (χ0n) is 11.6. The van der Waals surface area contributed by atoms with Gasteiger partial charge in [-0.05, 0) is 12.8 Å². The van der Waals surface area contributed by atoms with Gasteiger partial charge >= 0.3 is 7.82 Å². The second-order valence-electron chi connectivity index (χ2n) is 5.20. The molecule has 0 aromatic carbocycles. The van der Waals surface area contributed by atoms with Crippen LogP contribution in [0, 0.1) is 0 Å². The van der Waals surface area contributed by atoms with Gasteiger partial charge in [0.1, 0.15) is 18.3 Å². The lowest BCUT2D eigenvalue weighted by Crippen LogP contribution is -2.34. The third kappa shape index (κ3) is 6.68. The van der Waals surface area contributed by atoms with Gasteiger partial charge < -0.3 is 35.6 Å². The number of aliphatic hydroxyl groups is 3. The number of phosphoric ester groups is 1. The third-order valence-corrected chi connectivity index (χ3v) is 3.87. The van der Waals surface area contributed by atoms with Crippen molar-refractivity contribution in [2.24, 2.45) is 5.73 Å². The molecule has 0 aromatic heterocycles. The summed E-state index contributed by atoms with van der Waals surface area (Å²) in [5.41, 5.74) is 5.63. The normalized spacial score (nSPS) is 34.4. The summed E-state index contributed by atoms with van der Waals surface area (Å²) in [6.45, 7) is -0.584. The highest BCUT2D eigenvalue weighted by Gasteiger charge is 2.45. The molecule has 1 saturated heterocycles. The summed E-state index contributed by atoms with van der Waals surface area (Å²) in [6.07, 6.45) is 0.886. The van der Waals surface area contributed by atoms with Crippen LogP contribution < -0.4 is 5.73 Å². The predicted octanol–water partition coefficient (Wildman–Crippen LogP) is -1.19. The summed E-state index contributed by atoms with van der Waals surface area (Å²) in [6, 6.07) is 0.536. The van der Waals surface area contributed by atoms with Crippen LogP contribution in [-0.4, -0.2) is 62.4 Å². The Morgan fingerprint density at radius 2 is 1.71 bits per heavy atom. The lowest BCUT2D eigenvalue weighted by molar-refractivity contribution is -0.126. The first-order chi connectivity index (χ1) is 9.74. The van der Waals surface area contributed by atoms with Crippen molar-refractivity contribution in [3.8, 4) is 0 Å². The van der Waals surface area contributed by atoms with Gasteiger partial charge in [0.05, 0.1) is 6.61 Å². The summed E-state index contributed by atoms with van der Waals surface area (Å²) < 4.78 is 19.1. The predicted molar refractivity (Wildman–Crippen MR) is 71.9 cm³/mol. The molecule has 2 fully saturated rings. The maximum atomic E-state index is 10.4. The Balaban J connectivity index is 0.000000262. The Labute approximate surface area is 122 Å². The molecule has 21 heavy (non-hydrogen) atoms. The molecule has 0 unspecified atom stereocenters. The van der Waals surface area contributed by atoms with E-state index < -0.39 is 39.0 Å². The first kappa shape index (κ1) is 19.0. The Morgan fingerprint density at radius 1 is 1.14 bits per heavy atom. The maximum Gasteiger partial charge on any atom is 0.472 e. The van der Waals surface area contributed by atoms with Crippen LogP contribution in [-0.2, 0) is 13.8 Å². The van der Waals surface area contributed by atoms with E-state index in [0.717, 1.165) is 0 Å². The van der Waals surface area contributed by atoms with Gasteiger partial charge in [0.2, 0.25) is 0 Å². The molecule has 126 valence electrons. The summed E-state index contributed by atoms with van der Waals surface area (Å²) in [4.78, 5) is 16.8. The molecule has 1 aliphatic heterocycles. The van der Waals surface area contributed by atoms with Crippen LogP contribution in [0.15, 0.2) is 0 Å². The van der Waals surface area contributed by atoms with E-state index in [1.54, 1.807) is 0 Å². The van der Waals surface area contributed by atoms with Crippen molar-refractivity contribution < 1.29 is 38.9 Å². The molecule has 1 aliphatic carbocycles. The van der Waals surface area contributed by atoms with E-state index >= 15 is 0 Å². The fourth-order valence-electron chi connectivity index (χ4n) is 2.22. The minimum atomic E-state index is -4.79. The number of phosphoric acid groups is 1. The number of nitrogens with two attached hydrogens (primary N) is 1. The van der Waals surface area contributed by atoms with Gasteiger partial charge in [-0.25, -0.2) is 4.57 Å². The van der Waals surface area contributed by atoms with Crippen LogP contribution in [0.4, 0.5) is 0 Å². The minimum Gasteiger partial charge on any atom is -0.394 e. The average Bonchev–Trinajstić information content (AvgIpc) is 2.66. The van der Waals surface area contributed by atoms with E-state index in [1.807, 2.05) is 0 Å². The van der Waals surface area contributed by atoms with Gasteiger partial charge in [-0.3, -0.25) is 4.52 Å². The van der Waals surface area contributed by atoms with Gasteiger partial charge in [-0.1, -0.05) is 19.3 Å². The Hall–Kier alpha value is -0.0900. The zero-order chi connectivity index (χ0) is 16.0. The zero-order valence-corrected chi connectivity index (χ0v) is 12.5. The van der Waals surface area contributed by atoms with Crippen LogP contribution in [0.2, 0.25) is 0 Å². The number of aliphatic hydroxyl groups excluding tert-OH is 3. The highest BCUT2D eigenvalue weighted by atomic mass is 31.2. The SMILES string of the molecule is NC1CCCCC1.O=P(O)(O)O[C@H]1O[C@H](CO)[C@@H](O)[C@@H]1O. The van der Waals surface area contributed by atoms with Gasteiger partial charge in [-0.15, -0.1) is 0 Å². The van der Waals surface area contributed by atoms with Crippen LogP contribution in [0.3, 0.4) is 0 Å². The molecule has 4 atom stereocenters. The van der Waals surface area contributed by atoms with Crippen molar-refractivity contribution in [1.29, 1.82) is 0 Å². The highest BCUT2D eigenvalue weighted by Crippen LogP contribution is 2.40. The summed E-state index contributed by atoms with van der Waals surface area (Å²) >= 11 is 0. The van der Waals surface area contributed by atoms with E-state index in [4.69, 9.17) is 30.8 Å². The third-order valence-electron chi connectivity index (χ3n) is 3.39. The van der Waals surface area contributed by atoms with Crippen LogP contribution in [0.25, 0.3) is 0 Å². The molecule has 0 amide bonds. The topological polar surface area (TPSA) is 163 Å². The monoisotopic (exact) mass is 329 g/mol. The quantitative estimate of drug-likeness (QED) is 0.349. The molecule has 0 bridgehead atoms. The molecule has 1 saturated carbocycles. The van der Waals surface area contributed by atoms with Gasteiger partial charge in [0, 0.05) is 6.04 Å². The van der Waals surface area contributed by atoms with E-state index in [9.17, 15) is 4.57 Å². The van der Waals surface area contributed by atoms with E-state index in [-0.39, 0.29) is 0 Å². The second kappa shape index (κ2) is 8.52. The molecular formula is C11H24NO8P. The van der Waals surface area contributed by atoms with Crippen molar-refractivity contribution in [2.45, 2.75) is 62.7 Å². The summed E-state index contributed by atoms with van der Waals surface area (Å²) in [7, 11) is -4.79. The Morgan fingerprint density at radius 3 is 2.05 bits per heavy atom. The number of rotatable bonds is 3. The second-order valence-corrected chi connectivity index (χ2v) is 6.39. The molecule has 2 aliphatic rings. The number of ether oxygens (including phenoxy) is 1. The van der Waals surface area contributed by atoms with Crippen molar-refractivity contribution in [2.75, 3.05) is 6.61 Å². The Bertz CT molecular complexity index is 345. The Kier molecular flexibility index (Phi) is 7.69. The molecule has 9 nitrogen and oxygen atoms in total. The molecular weight excluding hydrogens is 305 g/mol. The van der Waals surface area contributed by atoms with Gasteiger partial charge in [0.15, 0.2) is 6.29 Å². The molecule has 7 N–H and O–H groups in total. The minimum absolute atomic E-state index is 0.536. The molecule has 10 heteroatoms. The highest BCUT2D eigenvalue weighted by molar-refractivity contribution is 7.46. The molecule has 0 aromatic rings. The lowest BCUT2D eigenvalue weighted by Gasteiger charge is -2.15. The van der Waals surface area contributed by atoms with E-state index in [0.29, 0.717) is 6.04 Å². The first-order valence-corrected chi connectivity index (χ1v) is 8.39. The number of hydrogen-bond acceptors (Lipinski definition) is 7. The van der Waals surface area contributed by atoms with Crippen molar-refractivity contribution in [1.82, 2.24) is 0 Å². The van der Waals surface area contributed by atoms with Crippen LogP contribution in [0.5, 0.6) is 0 Å². The van der Waals surface area contributed by atoms with Gasteiger partial charge in [0.25, 0.3) is 0 Å². The lowest BCUT2D eigenvalue weighted by atomic mass is 9.97. The van der Waals surface area contributed by atoms with Crippen LogP contribution in [0.1, 0.15) is 32.1 Å². The fourth-order valence-corrected chi connectivity index (χ4v) is 2.67. The van der Waals surface area contributed by atoms with E-state index in [1.165, 1.54) is 32.1 Å². The van der Waals surface area contributed by atoms with E-state index in [2.05, 4.69) is 9.26 Å². The maximum absolute atomic E-state index is 10.4.